The maximum Gasteiger partial charge on any atom is 0.261 e. The molecule has 0 heterocycles. The summed E-state index contributed by atoms with van der Waals surface area (Å²) in [5, 5.41) is 12.9. The molecule has 0 fully saturated rings. The Kier molecular flexibility index (Phi) is 9.25. The Hall–Kier alpha value is -1.98. The maximum absolute atomic E-state index is 10.5. The highest BCUT2D eigenvalue weighted by molar-refractivity contribution is 6.99. The second-order valence-corrected chi connectivity index (χ2v) is 12.9. The summed E-state index contributed by atoms with van der Waals surface area (Å²) in [5.74, 6) is 0. The molecule has 0 aliphatic rings. The van der Waals surface area contributed by atoms with Crippen LogP contribution in [-0.2, 0) is 9.16 Å². The van der Waals surface area contributed by atoms with Gasteiger partial charge in [-0.3, -0.25) is 0 Å². The summed E-state index contributed by atoms with van der Waals surface area (Å²) in [5.41, 5.74) is 0. The van der Waals surface area contributed by atoms with Gasteiger partial charge in [0.1, 0.15) is 0 Å². The molecule has 4 heteroatoms. The van der Waals surface area contributed by atoms with Crippen LogP contribution in [0.1, 0.15) is 33.6 Å². The Morgan fingerprint density at radius 1 is 0.933 bits per heavy atom. The standard InChI is InChI=1S/C26H36O3Si/c1-6-14-24(27)25(28-20-7-2)19-21-29-30(26(3,4)5,22-15-10-8-11-16-22)23-17-12-9-13-18-23/h6-13,15-18,24-25,27H,1-2,14,19-21H2,3-5H3/t24-,25+/m0/s1. The minimum absolute atomic E-state index is 0.0765. The largest absolute Gasteiger partial charge is 0.407 e. The summed E-state index contributed by atoms with van der Waals surface area (Å²) in [6, 6.07) is 21.1. The van der Waals surface area contributed by atoms with Crippen LogP contribution in [0.3, 0.4) is 0 Å². The van der Waals surface area contributed by atoms with Gasteiger partial charge in [0.05, 0.1) is 18.8 Å². The van der Waals surface area contributed by atoms with Crippen LogP contribution in [0.15, 0.2) is 86.0 Å². The van der Waals surface area contributed by atoms with Crippen molar-refractivity contribution in [3.63, 3.8) is 0 Å². The molecule has 2 aromatic carbocycles. The molecule has 0 radical (unpaired) electrons. The zero-order valence-corrected chi connectivity index (χ0v) is 19.6. The summed E-state index contributed by atoms with van der Waals surface area (Å²) in [7, 11) is -2.58. The molecule has 0 amide bonds. The molecule has 3 nitrogen and oxygen atoms in total. The van der Waals surface area contributed by atoms with Crippen LogP contribution in [0.25, 0.3) is 0 Å². The third-order valence-electron chi connectivity index (χ3n) is 5.40. The van der Waals surface area contributed by atoms with Gasteiger partial charge in [0.15, 0.2) is 0 Å². The second kappa shape index (κ2) is 11.4. The number of rotatable bonds is 12. The van der Waals surface area contributed by atoms with Crippen molar-refractivity contribution >= 4 is 18.7 Å². The molecule has 0 aliphatic heterocycles. The highest BCUT2D eigenvalue weighted by Crippen LogP contribution is 2.36. The highest BCUT2D eigenvalue weighted by atomic mass is 28.4. The van der Waals surface area contributed by atoms with Gasteiger partial charge in [-0.05, 0) is 28.3 Å². The quantitative estimate of drug-likeness (QED) is 0.404. The Morgan fingerprint density at radius 3 is 1.90 bits per heavy atom. The van der Waals surface area contributed by atoms with E-state index in [4.69, 9.17) is 9.16 Å². The molecule has 0 unspecified atom stereocenters. The number of benzene rings is 2. The number of aliphatic hydroxyl groups excluding tert-OH is 1. The van der Waals surface area contributed by atoms with Gasteiger partial charge in [-0.2, -0.15) is 0 Å². The summed E-state index contributed by atoms with van der Waals surface area (Å²) < 4.78 is 12.7. The van der Waals surface area contributed by atoms with Crippen molar-refractivity contribution in [2.75, 3.05) is 13.2 Å². The lowest BCUT2D eigenvalue weighted by Gasteiger charge is -2.43. The van der Waals surface area contributed by atoms with E-state index in [1.807, 2.05) is 12.1 Å². The van der Waals surface area contributed by atoms with Crippen LogP contribution in [0.2, 0.25) is 5.04 Å². The van der Waals surface area contributed by atoms with Crippen LogP contribution in [0, 0.1) is 0 Å². The van der Waals surface area contributed by atoms with E-state index >= 15 is 0 Å². The molecule has 2 aromatic rings. The fourth-order valence-corrected chi connectivity index (χ4v) is 8.57. The SMILES string of the molecule is C=CCO[C@H](CCO[Si](c1ccccc1)(c1ccccc1)C(C)(C)C)[C@@H](O)CC=C. The predicted octanol–water partition coefficient (Wildman–Crippen LogP) is 4.46. The molecule has 162 valence electrons. The monoisotopic (exact) mass is 424 g/mol. The van der Waals surface area contributed by atoms with Gasteiger partial charge < -0.3 is 14.3 Å². The predicted molar refractivity (Wildman–Crippen MR) is 129 cm³/mol. The van der Waals surface area contributed by atoms with Crippen LogP contribution in [0.5, 0.6) is 0 Å². The van der Waals surface area contributed by atoms with Crippen molar-refractivity contribution in [2.45, 2.75) is 50.9 Å². The molecule has 0 aromatic heterocycles. The van der Waals surface area contributed by atoms with Crippen molar-refractivity contribution in [1.82, 2.24) is 0 Å². The first-order valence-electron chi connectivity index (χ1n) is 10.6. The van der Waals surface area contributed by atoms with Crippen molar-refractivity contribution < 1.29 is 14.3 Å². The van der Waals surface area contributed by atoms with E-state index in [2.05, 4.69) is 82.5 Å². The Balaban J connectivity index is 2.36. The van der Waals surface area contributed by atoms with Crippen LogP contribution >= 0.6 is 0 Å². The first-order chi connectivity index (χ1) is 14.4. The van der Waals surface area contributed by atoms with Crippen LogP contribution in [-0.4, -0.2) is 38.8 Å². The maximum atomic E-state index is 10.5. The van der Waals surface area contributed by atoms with Gasteiger partial charge in [0.25, 0.3) is 8.32 Å². The lowest BCUT2D eigenvalue weighted by molar-refractivity contribution is -0.0349. The lowest BCUT2D eigenvalue weighted by Crippen LogP contribution is -2.66. The number of hydrogen-bond donors (Lipinski definition) is 1. The summed E-state index contributed by atoms with van der Waals surface area (Å²) >= 11 is 0. The fraction of sp³-hybridized carbons (Fsp3) is 0.385. The third-order valence-corrected chi connectivity index (χ3v) is 10.4. The van der Waals surface area contributed by atoms with Crippen molar-refractivity contribution in [2.24, 2.45) is 0 Å². The van der Waals surface area contributed by atoms with E-state index in [1.165, 1.54) is 10.4 Å². The van der Waals surface area contributed by atoms with E-state index in [1.54, 1.807) is 12.2 Å². The van der Waals surface area contributed by atoms with E-state index < -0.39 is 14.4 Å². The second-order valence-electron chi connectivity index (χ2n) is 8.55. The molecular weight excluding hydrogens is 388 g/mol. The minimum Gasteiger partial charge on any atom is -0.407 e. The van der Waals surface area contributed by atoms with Gasteiger partial charge >= 0.3 is 0 Å². The first-order valence-corrected chi connectivity index (χ1v) is 12.5. The van der Waals surface area contributed by atoms with Crippen molar-refractivity contribution in [3.05, 3.63) is 86.0 Å². The lowest BCUT2D eigenvalue weighted by atomic mass is 10.1. The molecule has 2 atom stereocenters. The van der Waals surface area contributed by atoms with Gasteiger partial charge in [0, 0.05) is 6.61 Å². The Bertz CT molecular complexity index is 728. The van der Waals surface area contributed by atoms with Crippen molar-refractivity contribution in [3.8, 4) is 0 Å². The average molecular weight is 425 g/mol. The van der Waals surface area contributed by atoms with E-state index in [0.717, 1.165) is 0 Å². The molecule has 2 rings (SSSR count). The average Bonchev–Trinajstić information content (AvgIpc) is 2.74. The Morgan fingerprint density at radius 2 is 1.47 bits per heavy atom. The molecular formula is C26H36O3Si. The zero-order valence-electron chi connectivity index (χ0n) is 18.6. The zero-order chi connectivity index (χ0) is 22.0. The molecule has 0 spiro atoms. The van der Waals surface area contributed by atoms with E-state index in [9.17, 15) is 5.11 Å². The molecule has 0 saturated carbocycles. The molecule has 30 heavy (non-hydrogen) atoms. The fourth-order valence-electron chi connectivity index (χ4n) is 3.99. The topological polar surface area (TPSA) is 38.7 Å². The molecule has 0 bridgehead atoms. The summed E-state index contributed by atoms with van der Waals surface area (Å²) in [4.78, 5) is 0. The van der Waals surface area contributed by atoms with Crippen LogP contribution < -0.4 is 10.4 Å². The highest BCUT2D eigenvalue weighted by Gasteiger charge is 2.50. The molecule has 0 aliphatic carbocycles. The molecule has 0 saturated heterocycles. The first kappa shape index (κ1) is 24.3. The van der Waals surface area contributed by atoms with E-state index in [-0.39, 0.29) is 11.1 Å². The molecule has 1 N–H and O–H groups in total. The number of ether oxygens (including phenoxy) is 1. The summed E-state index contributed by atoms with van der Waals surface area (Å²) in [6.45, 7) is 15.1. The van der Waals surface area contributed by atoms with Gasteiger partial charge in [-0.25, -0.2) is 0 Å². The third kappa shape index (κ3) is 5.79. The minimum atomic E-state index is -2.58. The van der Waals surface area contributed by atoms with Gasteiger partial charge in [-0.1, -0.05) is 93.6 Å². The normalized spacial score (nSPS) is 14.1. The number of aliphatic hydroxyl groups is 1. The summed E-state index contributed by atoms with van der Waals surface area (Å²) in [6.07, 6.45) is 3.59. The number of hydrogen-bond acceptors (Lipinski definition) is 3. The van der Waals surface area contributed by atoms with Gasteiger partial charge in [0.2, 0.25) is 0 Å². The van der Waals surface area contributed by atoms with Crippen molar-refractivity contribution in [1.29, 1.82) is 0 Å². The Labute approximate surface area is 183 Å². The van der Waals surface area contributed by atoms with E-state index in [0.29, 0.717) is 26.1 Å². The van der Waals surface area contributed by atoms with Crippen LogP contribution in [0.4, 0.5) is 0 Å². The van der Waals surface area contributed by atoms with Gasteiger partial charge in [-0.15, -0.1) is 13.2 Å². The smallest absolute Gasteiger partial charge is 0.261 e.